The lowest BCUT2D eigenvalue weighted by Crippen LogP contribution is -2.49. The van der Waals surface area contributed by atoms with Crippen LogP contribution in [0.5, 0.6) is 0 Å². The normalized spacial score (nSPS) is 29.7. The molecule has 0 spiro atoms. The Labute approximate surface area is 120 Å². The lowest BCUT2D eigenvalue weighted by atomic mass is 9.94. The first kappa shape index (κ1) is 15.5. The molecule has 116 valence electrons. The van der Waals surface area contributed by atoms with Crippen LogP contribution in [0.25, 0.3) is 0 Å². The Morgan fingerprint density at radius 1 is 1.30 bits per heavy atom. The molecular formula is C14H26N2O4. The van der Waals surface area contributed by atoms with Crippen molar-refractivity contribution in [2.75, 3.05) is 32.9 Å². The molecule has 2 aliphatic heterocycles. The SMILES string of the molecule is CC1CC(CNC(=O)NCC2(O)CCOCC2)CCO1. The van der Waals surface area contributed by atoms with Gasteiger partial charge in [0.2, 0.25) is 0 Å². The van der Waals surface area contributed by atoms with E-state index in [1.165, 1.54) is 0 Å². The van der Waals surface area contributed by atoms with E-state index in [1.807, 2.05) is 0 Å². The summed E-state index contributed by atoms with van der Waals surface area (Å²) < 4.78 is 10.7. The number of ether oxygens (including phenoxy) is 2. The number of carbonyl (C=O) groups is 1. The third-order valence-electron chi connectivity index (χ3n) is 4.15. The fraction of sp³-hybridized carbons (Fsp3) is 0.929. The Morgan fingerprint density at radius 3 is 2.75 bits per heavy atom. The van der Waals surface area contributed by atoms with E-state index in [2.05, 4.69) is 17.6 Å². The van der Waals surface area contributed by atoms with Crippen LogP contribution >= 0.6 is 0 Å². The Hall–Kier alpha value is -0.850. The van der Waals surface area contributed by atoms with Gasteiger partial charge in [-0.25, -0.2) is 4.79 Å². The molecule has 0 radical (unpaired) electrons. The highest BCUT2D eigenvalue weighted by Gasteiger charge is 2.30. The second-order valence-corrected chi connectivity index (χ2v) is 5.97. The van der Waals surface area contributed by atoms with Gasteiger partial charge >= 0.3 is 6.03 Å². The number of carbonyl (C=O) groups excluding carboxylic acids is 1. The molecule has 2 rings (SSSR count). The van der Waals surface area contributed by atoms with Crippen molar-refractivity contribution in [3.05, 3.63) is 0 Å². The van der Waals surface area contributed by atoms with E-state index in [0.29, 0.717) is 38.5 Å². The van der Waals surface area contributed by atoms with E-state index in [9.17, 15) is 9.90 Å². The number of rotatable bonds is 4. The molecular weight excluding hydrogens is 260 g/mol. The smallest absolute Gasteiger partial charge is 0.314 e. The van der Waals surface area contributed by atoms with Gasteiger partial charge in [-0.15, -0.1) is 0 Å². The molecule has 0 saturated carbocycles. The molecule has 6 nitrogen and oxygen atoms in total. The summed E-state index contributed by atoms with van der Waals surface area (Å²) in [7, 11) is 0. The first-order valence-electron chi connectivity index (χ1n) is 7.51. The van der Waals surface area contributed by atoms with Crippen molar-refractivity contribution >= 4 is 6.03 Å². The topological polar surface area (TPSA) is 79.8 Å². The average molecular weight is 286 g/mol. The number of urea groups is 1. The predicted octanol–water partition coefficient (Wildman–Crippen LogP) is 0.642. The quantitative estimate of drug-likeness (QED) is 0.708. The van der Waals surface area contributed by atoms with Crippen LogP contribution in [-0.2, 0) is 9.47 Å². The number of hydrogen-bond acceptors (Lipinski definition) is 4. The maximum atomic E-state index is 11.8. The molecule has 3 N–H and O–H groups in total. The van der Waals surface area contributed by atoms with Crippen molar-refractivity contribution in [2.45, 2.75) is 44.3 Å². The molecule has 20 heavy (non-hydrogen) atoms. The molecule has 0 aromatic carbocycles. The van der Waals surface area contributed by atoms with E-state index in [1.54, 1.807) is 0 Å². The molecule has 2 atom stereocenters. The standard InChI is InChI=1S/C14H26N2O4/c1-11-8-12(2-5-20-11)9-15-13(17)16-10-14(18)3-6-19-7-4-14/h11-12,18H,2-10H2,1H3,(H2,15,16,17). The lowest BCUT2D eigenvalue weighted by Gasteiger charge is -2.32. The molecule has 0 aliphatic carbocycles. The van der Waals surface area contributed by atoms with Gasteiger partial charge in [0.25, 0.3) is 0 Å². The van der Waals surface area contributed by atoms with Crippen LogP contribution in [-0.4, -0.2) is 55.8 Å². The number of nitrogens with one attached hydrogen (secondary N) is 2. The van der Waals surface area contributed by atoms with Crippen LogP contribution in [0.1, 0.15) is 32.6 Å². The Bertz CT molecular complexity index is 318. The molecule has 0 bridgehead atoms. The first-order valence-corrected chi connectivity index (χ1v) is 7.51. The lowest BCUT2D eigenvalue weighted by molar-refractivity contribution is -0.0600. The van der Waals surface area contributed by atoms with Gasteiger partial charge in [0.05, 0.1) is 11.7 Å². The highest BCUT2D eigenvalue weighted by Crippen LogP contribution is 2.20. The molecule has 2 aliphatic rings. The third-order valence-corrected chi connectivity index (χ3v) is 4.15. The van der Waals surface area contributed by atoms with Crippen molar-refractivity contribution in [2.24, 2.45) is 5.92 Å². The van der Waals surface area contributed by atoms with Crippen LogP contribution in [0.2, 0.25) is 0 Å². The van der Waals surface area contributed by atoms with Crippen LogP contribution < -0.4 is 10.6 Å². The highest BCUT2D eigenvalue weighted by molar-refractivity contribution is 5.73. The van der Waals surface area contributed by atoms with Crippen LogP contribution in [0.4, 0.5) is 4.79 Å². The van der Waals surface area contributed by atoms with Crippen LogP contribution in [0, 0.1) is 5.92 Å². The van der Waals surface area contributed by atoms with Crippen molar-refractivity contribution in [1.82, 2.24) is 10.6 Å². The van der Waals surface area contributed by atoms with E-state index >= 15 is 0 Å². The van der Waals surface area contributed by atoms with Crippen molar-refractivity contribution in [3.63, 3.8) is 0 Å². The summed E-state index contributed by atoms with van der Waals surface area (Å²) in [4.78, 5) is 11.8. The van der Waals surface area contributed by atoms with E-state index in [0.717, 1.165) is 19.4 Å². The number of aliphatic hydroxyl groups is 1. The summed E-state index contributed by atoms with van der Waals surface area (Å²) in [6, 6.07) is -0.205. The summed E-state index contributed by atoms with van der Waals surface area (Å²) >= 11 is 0. The summed E-state index contributed by atoms with van der Waals surface area (Å²) in [6.45, 7) is 4.90. The third kappa shape index (κ3) is 4.92. The van der Waals surface area contributed by atoms with Gasteiger partial charge in [-0.2, -0.15) is 0 Å². The Morgan fingerprint density at radius 2 is 2.05 bits per heavy atom. The maximum Gasteiger partial charge on any atom is 0.314 e. The molecule has 6 heteroatoms. The van der Waals surface area contributed by atoms with Gasteiger partial charge in [0, 0.05) is 45.8 Å². The van der Waals surface area contributed by atoms with Gasteiger partial charge in [-0.05, 0) is 25.7 Å². The fourth-order valence-electron chi connectivity index (χ4n) is 2.75. The zero-order valence-corrected chi connectivity index (χ0v) is 12.2. The average Bonchev–Trinajstić information content (AvgIpc) is 2.44. The number of hydrogen-bond donors (Lipinski definition) is 3. The summed E-state index contributed by atoms with van der Waals surface area (Å²) in [5.74, 6) is 0.482. The predicted molar refractivity (Wildman–Crippen MR) is 74.5 cm³/mol. The molecule has 2 unspecified atom stereocenters. The Balaban J connectivity index is 1.62. The number of amides is 2. The second kappa shape index (κ2) is 7.24. The maximum absolute atomic E-state index is 11.8. The summed E-state index contributed by atoms with van der Waals surface area (Å²) in [5.41, 5.74) is -0.817. The van der Waals surface area contributed by atoms with Gasteiger partial charge in [0.1, 0.15) is 0 Å². The molecule has 2 fully saturated rings. The summed E-state index contributed by atoms with van der Waals surface area (Å²) in [6.07, 6.45) is 3.41. The van der Waals surface area contributed by atoms with Crippen molar-refractivity contribution in [3.8, 4) is 0 Å². The minimum absolute atomic E-state index is 0.205. The fourth-order valence-corrected chi connectivity index (χ4v) is 2.75. The van der Waals surface area contributed by atoms with Gasteiger partial charge in [0.15, 0.2) is 0 Å². The van der Waals surface area contributed by atoms with Gasteiger partial charge < -0.3 is 25.2 Å². The second-order valence-electron chi connectivity index (χ2n) is 5.97. The largest absolute Gasteiger partial charge is 0.388 e. The monoisotopic (exact) mass is 286 g/mol. The van der Waals surface area contributed by atoms with Crippen molar-refractivity contribution < 1.29 is 19.4 Å². The van der Waals surface area contributed by atoms with E-state index in [-0.39, 0.29) is 18.7 Å². The zero-order valence-electron chi connectivity index (χ0n) is 12.2. The molecule has 2 saturated heterocycles. The Kier molecular flexibility index (Phi) is 5.63. The van der Waals surface area contributed by atoms with Gasteiger partial charge in [-0.1, -0.05) is 0 Å². The zero-order chi connectivity index (χ0) is 14.4. The van der Waals surface area contributed by atoms with Crippen LogP contribution in [0.15, 0.2) is 0 Å². The first-order chi connectivity index (χ1) is 9.57. The molecule has 2 amide bonds. The highest BCUT2D eigenvalue weighted by atomic mass is 16.5. The minimum atomic E-state index is -0.817. The van der Waals surface area contributed by atoms with Crippen LogP contribution in [0.3, 0.4) is 0 Å². The minimum Gasteiger partial charge on any atom is -0.388 e. The molecule has 0 aromatic rings. The molecule has 2 heterocycles. The molecule has 0 aromatic heterocycles. The van der Waals surface area contributed by atoms with Crippen molar-refractivity contribution in [1.29, 1.82) is 0 Å². The van der Waals surface area contributed by atoms with Gasteiger partial charge in [-0.3, -0.25) is 0 Å². The van der Waals surface area contributed by atoms with E-state index in [4.69, 9.17) is 9.47 Å². The van der Waals surface area contributed by atoms with E-state index < -0.39 is 5.60 Å². The summed E-state index contributed by atoms with van der Waals surface area (Å²) in [5, 5.41) is 15.9.